The molecule has 2 nitrogen and oxygen atoms in total. The van der Waals surface area contributed by atoms with E-state index in [1.165, 1.54) is 119 Å². The van der Waals surface area contributed by atoms with Crippen LogP contribution < -0.4 is 0 Å². The molecule has 2 aliphatic carbocycles. The lowest BCUT2D eigenvalue weighted by molar-refractivity contribution is 0.896. The maximum absolute atomic E-state index is 3.59. The molecule has 388 valence electrons. The summed E-state index contributed by atoms with van der Waals surface area (Å²) in [7, 11) is -2.33. The summed E-state index contributed by atoms with van der Waals surface area (Å²) in [5, 5.41) is 3.73. The molecule has 2 heterocycles. The number of hydrogen-bond donors (Lipinski definition) is 0. The summed E-state index contributed by atoms with van der Waals surface area (Å²) in [4.78, 5) is 5.03. The Bertz CT molecular complexity index is 4580. The molecule has 0 fully saturated rings. The van der Waals surface area contributed by atoms with Crippen LogP contribution in [-0.4, -0.2) is 9.13 Å². The Morgan fingerprint density at radius 3 is 1.45 bits per heavy atom. The lowest BCUT2D eigenvalue weighted by Gasteiger charge is -2.43. The molecule has 3 heteroatoms. The minimum absolute atomic E-state index is 0.593. The molecule has 2 aromatic heterocycles. The maximum atomic E-state index is 3.59. The van der Waals surface area contributed by atoms with Crippen molar-refractivity contribution in [2.75, 3.05) is 0 Å². The summed E-state index contributed by atoms with van der Waals surface area (Å²) in [6, 6.07) is 104. The fraction of sp³-hybridized carbons (Fsp3) is 0.0380. The van der Waals surface area contributed by atoms with Gasteiger partial charge in [-0.2, -0.15) is 0 Å². The van der Waals surface area contributed by atoms with Gasteiger partial charge in [0.1, 0.15) is 0 Å². The molecule has 0 amide bonds. The van der Waals surface area contributed by atoms with Gasteiger partial charge in [0.15, 0.2) is 0 Å². The first-order valence-electron chi connectivity index (χ1n) is 28.4. The molecular weight excluding hydrogens is 1010 g/mol. The number of benzene rings is 11. The number of fused-ring (bicyclic) bond motifs is 6. The predicted octanol–water partition coefficient (Wildman–Crippen LogP) is 20.9. The summed E-state index contributed by atoms with van der Waals surface area (Å²) in [6.45, 7) is 0. The highest BCUT2D eigenvalue weighted by Crippen LogP contribution is 2.74. The molecule has 0 radical (unpaired) electrons. The number of para-hydroxylation sites is 2. The number of aromatic nitrogens is 2. The van der Waals surface area contributed by atoms with Crippen molar-refractivity contribution >= 4 is 60.0 Å². The minimum atomic E-state index is -2.33. The van der Waals surface area contributed by atoms with Crippen molar-refractivity contribution < 1.29 is 0 Å². The molecule has 15 rings (SSSR count). The first-order valence-corrected chi connectivity index (χ1v) is 30.0. The monoisotopic (exact) mass is 1060 g/mol. The first kappa shape index (κ1) is 49.0. The van der Waals surface area contributed by atoms with Crippen molar-refractivity contribution in [3.63, 3.8) is 0 Å². The molecule has 0 aliphatic heterocycles. The van der Waals surface area contributed by atoms with Crippen molar-refractivity contribution in [2.45, 2.75) is 38.8 Å². The Hall–Kier alpha value is -10.1. The van der Waals surface area contributed by atoms with Gasteiger partial charge in [0, 0.05) is 70.2 Å². The molecule has 0 saturated heterocycles. The van der Waals surface area contributed by atoms with E-state index in [9.17, 15) is 0 Å². The molecule has 2 aliphatic rings. The molecule has 0 N–H and O–H groups in total. The van der Waals surface area contributed by atoms with Crippen molar-refractivity contribution in [2.24, 2.45) is 0 Å². The van der Waals surface area contributed by atoms with E-state index in [4.69, 9.17) is 0 Å². The third-order valence-corrected chi connectivity index (χ3v) is 20.5. The van der Waals surface area contributed by atoms with E-state index < -0.39 is 10.0 Å². The van der Waals surface area contributed by atoms with Crippen LogP contribution in [0.1, 0.15) is 35.2 Å². The summed E-state index contributed by atoms with van der Waals surface area (Å²) in [5.74, 6) is 6.95. The highest BCUT2D eigenvalue weighted by molar-refractivity contribution is 8.34. The molecule has 0 bridgehead atoms. The van der Waals surface area contributed by atoms with Gasteiger partial charge in [0.25, 0.3) is 0 Å². The Morgan fingerprint density at radius 1 is 0.354 bits per heavy atom. The number of nitrogens with zero attached hydrogens (tertiary/aromatic N) is 2. The van der Waals surface area contributed by atoms with Crippen LogP contribution in [0.5, 0.6) is 0 Å². The van der Waals surface area contributed by atoms with Gasteiger partial charge in [-0.25, -0.2) is 0 Å². The van der Waals surface area contributed by atoms with Crippen LogP contribution in [0.3, 0.4) is 0 Å². The normalized spacial score (nSPS) is 13.3. The molecule has 82 heavy (non-hydrogen) atoms. The molecule has 13 aromatic rings. The third kappa shape index (κ3) is 8.38. The molecule has 0 spiro atoms. The Balaban J connectivity index is 1.08. The average Bonchev–Trinajstić information content (AvgIpc) is 4.03. The third-order valence-electron chi connectivity index (χ3n) is 16.6. The zero-order chi connectivity index (χ0) is 54.4. The highest BCUT2D eigenvalue weighted by atomic mass is 32.3. The first-order chi connectivity index (χ1) is 40.7. The highest BCUT2D eigenvalue weighted by Gasteiger charge is 2.37. The van der Waals surface area contributed by atoms with E-state index in [1.54, 1.807) is 0 Å². The van der Waals surface area contributed by atoms with Gasteiger partial charge in [-0.15, -0.1) is 10.0 Å². The van der Waals surface area contributed by atoms with E-state index in [1.807, 2.05) is 6.08 Å². The van der Waals surface area contributed by atoms with Crippen molar-refractivity contribution in [3.05, 3.63) is 320 Å². The quantitative estimate of drug-likeness (QED) is 0.114. The van der Waals surface area contributed by atoms with Crippen molar-refractivity contribution in [1.82, 2.24) is 9.13 Å². The van der Waals surface area contributed by atoms with Gasteiger partial charge < -0.3 is 9.13 Å². The molecule has 11 aromatic carbocycles. The number of rotatable bonds is 11. The fourth-order valence-electron chi connectivity index (χ4n) is 12.9. The molecule has 0 atom stereocenters. The van der Waals surface area contributed by atoms with Crippen molar-refractivity contribution in [1.29, 1.82) is 0 Å². The second-order valence-corrected chi connectivity index (χ2v) is 24.4. The molecular formula is C79H56N2S. The minimum Gasteiger partial charge on any atom is -0.312 e. The van der Waals surface area contributed by atoms with Gasteiger partial charge in [-0.05, 0) is 154 Å². The SMILES string of the molecule is C1#CCC(c2cc(S(c3ccccc3)(c3ccccc3)c3cc(-c4ccccc4)cc(-c4ccccc4)c3)cc(-c3ccccc3)c2-n2c3c(c4cc(-n5c6ccccc6c6ccccc65)ccc42)C=C(c2ccccc2)CC3)=CC=C1. The molecule has 0 saturated carbocycles. The lowest BCUT2D eigenvalue weighted by atomic mass is 9.90. The van der Waals surface area contributed by atoms with Gasteiger partial charge in [0.05, 0.1) is 22.2 Å². The van der Waals surface area contributed by atoms with E-state index >= 15 is 0 Å². The second-order valence-electron chi connectivity index (χ2n) is 21.3. The second kappa shape index (κ2) is 20.8. The Morgan fingerprint density at radius 2 is 0.854 bits per heavy atom. The van der Waals surface area contributed by atoms with Crippen LogP contribution >= 0.6 is 10.0 Å². The van der Waals surface area contributed by atoms with Crippen LogP contribution in [-0.2, 0) is 6.42 Å². The van der Waals surface area contributed by atoms with Gasteiger partial charge in [0.2, 0.25) is 0 Å². The maximum Gasteiger partial charge on any atom is 0.0613 e. The van der Waals surface area contributed by atoms with Crippen molar-refractivity contribution in [3.8, 4) is 56.6 Å². The number of hydrogen-bond acceptors (Lipinski definition) is 0. The van der Waals surface area contributed by atoms with E-state index in [2.05, 4.69) is 318 Å². The van der Waals surface area contributed by atoms with Crippen LogP contribution in [0, 0.1) is 11.8 Å². The van der Waals surface area contributed by atoms with Gasteiger partial charge >= 0.3 is 0 Å². The topological polar surface area (TPSA) is 9.86 Å². The zero-order valence-corrected chi connectivity index (χ0v) is 46.1. The van der Waals surface area contributed by atoms with Gasteiger partial charge in [-0.1, -0.05) is 218 Å². The van der Waals surface area contributed by atoms with Crippen LogP contribution in [0.4, 0.5) is 0 Å². The predicted molar refractivity (Wildman–Crippen MR) is 346 cm³/mol. The molecule has 0 unspecified atom stereocenters. The van der Waals surface area contributed by atoms with E-state index in [-0.39, 0.29) is 0 Å². The van der Waals surface area contributed by atoms with Crippen LogP contribution in [0.25, 0.3) is 94.7 Å². The summed E-state index contributed by atoms with van der Waals surface area (Å²) in [6.07, 6.45) is 11.3. The summed E-state index contributed by atoms with van der Waals surface area (Å²) in [5.41, 5.74) is 20.5. The fourth-order valence-corrected chi connectivity index (χ4v) is 16.9. The van der Waals surface area contributed by atoms with Crippen LogP contribution in [0.2, 0.25) is 0 Å². The van der Waals surface area contributed by atoms with Gasteiger partial charge in [-0.3, -0.25) is 0 Å². The largest absolute Gasteiger partial charge is 0.312 e. The Labute approximate surface area is 481 Å². The van der Waals surface area contributed by atoms with E-state index in [0.29, 0.717) is 6.42 Å². The summed E-state index contributed by atoms with van der Waals surface area (Å²) < 4.78 is 5.12. The average molecular weight is 1070 g/mol. The summed E-state index contributed by atoms with van der Waals surface area (Å²) >= 11 is 0. The lowest BCUT2D eigenvalue weighted by Crippen LogP contribution is -2.12. The standard InChI is InChI=1S/C79H56N2S/c1-2-10-34-59(33-9-1)71-54-68(82(65-37-19-7-20-38-65,66-39-21-8-22-40-66)67-50-62(57-29-13-4-14-30-57)49-63(51-67)58-31-15-5-16-32-58)55-72(60-35-17-6-18-36-60)79(71)81-77-47-45-61(56-27-11-3-12-28-56)52-73(77)74-53-64(46-48-78(74)81)80-75-43-25-23-41-69(75)70-42-24-26-44-76(70)80/h1,3-9,11-33,35-44,46,48-55H,34,45,47H2. The zero-order valence-electron chi connectivity index (χ0n) is 45.3. The number of allylic oxidation sites excluding steroid dienone is 5. The Kier molecular flexibility index (Phi) is 12.4. The van der Waals surface area contributed by atoms with E-state index in [0.717, 1.165) is 24.1 Å². The smallest absolute Gasteiger partial charge is 0.0613 e. The van der Waals surface area contributed by atoms with Crippen LogP contribution in [0.15, 0.2) is 317 Å².